The van der Waals surface area contributed by atoms with Crippen LogP contribution in [-0.2, 0) is 4.74 Å². The number of nitrogens with zero attached hydrogens (tertiary/aromatic N) is 1. The van der Waals surface area contributed by atoms with Crippen LogP contribution in [0.5, 0.6) is 5.75 Å². The summed E-state index contributed by atoms with van der Waals surface area (Å²) in [5.41, 5.74) is 0.735. The molecule has 1 fully saturated rings. The summed E-state index contributed by atoms with van der Waals surface area (Å²) >= 11 is 0. The van der Waals surface area contributed by atoms with Gasteiger partial charge < -0.3 is 19.7 Å². The Kier molecular flexibility index (Phi) is 4.63. The second kappa shape index (κ2) is 6.43. The molecular formula is C14H20N2O3. The molecule has 0 aromatic heterocycles. The Morgan fingerprint density at radius 2 is 2.42 bits per heavy atom. The van der Waals surface area contributed by atoms with E-state index in [2.05, 4.69) is 5.32 Å². The van der Waals surface area contributed by atoms with Crippen molar-refractivity contribution in [3.8, 4) is 5.75 Å². The summed E-state index contributed by atoms with van der Waals surface area (Å²) in [4.78, 5) is 13.7. The highest BCUT2D eigenvalue weighted by Crippen LogP contribution is 2.18. The zero-order valence-corrected chi connectivity index (χ0v) is 11.4. The van der Waals surface area contributed by atoms with Gasteiger partial charge in [0.15, 0.2) is 0 Å². The van der Waals surface area contributed by atoms with E-state index in [1.165, 1.54) is 0 Å². The van der Waals surface area contributed by atoms with Crippen molar-refractivity contribution in [2.24, 2.45) is 5.92 Å². The number of hydrogen-bond donors (Lipinski definition) is 1. The molecule has 1 aromatic rings. The predicted molar refractivity (Wildman–Crippen MR) is 73.6 cm³/mol. The summed E-state index contributed by atoms with van der Waals surface area (Å²) in [5, 5.41) is 2.86. The van der Waals surface area contributed by atoms with Crippen molar-refractivity contribution in [3.05, 3.63) is 24.3 Å². The van der Waals surface area contributed by atoms with Crippen LogP contribution in [0.25, 0.3) is 0 Å². The van der Waals surface area contributed by atoms with E-state index >= 15 is 0 Å². The van der Waals surface area contributed by atoms with Crippen molar-refractivity contribution in [1.82, 2.24) is 4.90 Å². The molecule has 5 heteroatoms. The van der Waals surface area contributed by atoms with Crippen molar-refractivity contribution in [2.45, 2.75) is 6.42 Å². The van der Waals surface area contributed by atoms with Crippen LogP contribution in [0.1, 0.15) is 6.42 Å². The summed E-state index contributed by atoms with van der Waals surface area (Å²) in [6.45, 7) is 2.27. The van der Waals surface area contributed by atoms with Gasteiger partial charge in [-0.05, 0) is 18.6 Å². The number of methoxy groups -OCH3 is 1. The van der Waals surface area contributed by atoms with Crippen LogP contribution in [0.4, 0.5) is 10.5 Å². The van der Waals surface area contributed by atoms with Crippen LogP contribution >= 0.6 is 0 Å². The van der Waals surface area contributed by atoms with Gasteiger partial charge in [-0.1, -0.05) is 6.07 Å². The van der Waals surface area contributed by atoms with Gasteiger partial charge in [0, 0.05) is 37.9 Å². The maximum absolute atomic E-state index is 12.0. The van der Waals surface area contributed by atoms with E-state index in [9.17, 15) is 4.79 Å². The highest BCUT2D eigenvalue weighted by atomic mass is 16.5. The van der Waals surface area contributed by atoms with Crippen LogP contribution < -0.4 is 10.1 Å². The standard InChI is InChI=1S/C14H20N2O3/c1-16(9-11-6-7-19-10-11)14(17)15-12-4-3-5-13(8-12)18-2/h3-5,8,11H,6-7,9-10H2,1-2H3,(H,15,17)/t11-/m0/s1. The monoisotopic (exact) mass is 264 g/mol. The largest absolute Gasteiger partial charge is 0.497 e. The molecule has 1 aliphatic rings. The Hall–Kier alpha value is -1.75. The first kappa shape index (κ1) is 13.7. The van der Waals surface area contributed by atoms with E-state index in [1.807, 2.05) is 18.2 Å². The van der Waals surface area contributed by atoms with Gasteiger partial charge in [0.25, 0.3) is 0 Å². The number of hydrogen-bond acceptors (Lipinski definition) is 3. The first-order valence-electron chi connectivity index (χ1n) is 6.43. The van der Waals surface area contributed by atoms with Crippen molar-refractivity contribution in [1.29, 1.82) is 0 Å². The molecule has 1 aliphatic heterocycles. The van der Waals surface area contributed by atoms with Crippen LogP contribution in [0, 0.1) is 5.92 Å². The minimum atomic E-state index is -0.111. The van der Waals surface area contributed by atoms with Gasteiger partial charge >= 0.3 is 6.03 Å². The maximum Gasteiger partial charge on any atom is 0.321 e. The molecule has 2 rings (SSSR count). The number of carbonyl (C=O) groups is 1. The highest BCUT2D eigenvalue weighted by Gasteiger charge is 2.20. The molecule has 1 atom stereocenters. The van der Waals surface area contributed by atoms with Crippen molar-refractivity contribution >= 4 is 11.7 Å². The molecule has 1 aromatic carbocycles. The SMILES string of the molecule is COc1cccc(NC(=O)N(C)C[C@@H]2CCOC2)c1. The number of ether oxygens (including phenoxy) is 2. The first-order valence-corrected chi connectivity index (χ1v) is 6.43. The molecule has 5 nitrogen and oxygen atoms in total. The molecule has 1 N–H and O–H groups in total. The van der Waals surface area contributed by atoms with Crippen molar-refractivity contribution < 1.29 is 14.3 Å². The number of benzene rings is 1. The van der Waals surface area contributed by atoms with E-state index in [0.717, 1.165) is 37.6 Å². The fraction of sp³-hybridized carbons (Fsp3) is 0.500. The average molecular weight is 264 g/mol. The van der Waals surface area contributed by atoms with Gasteiger partial charge in [-0.2, -0.15) is 0 Å². The summed E-state index contributed by atoms with van der Waals surface area (Å²) < 4.78 is 10.4. The molecule has 0 saturated carbocycles. The molecule has 0 bridgehead atoms. The highest BCUT2D eigenvalue weighted by molar-refractivity contribution is 5.89. The lowest BCUT2D eigenvalue weighted by Gasteiger charge is -2.21. The molecule has 0 aliphatic carbocycles. The molecule has 104 valence electrons. The number of anilines is 1. The zero-order valence-electron chi connectivity index (χ0n) is 11.4. The van der Waals surface area contributed by atoms with Crippen molar-refractivity contribution in [2.75, 3.05) is 39.2 Å². The fourth-order valence-electron chi connectivity index (χ4n) is 2.12. The normalized spacial score (nSPS) is 18.1. The maximum atomic E-state index is 12.0. The lowest BCUT2D eigenvalue weighted by molar-refractivity contribution is 0.175. The topological polar surface area (TPSA) is 50.8 Å². The van der Waals surface area contributed by atoms with Crippen LogP contribution in [0.3, 0.4) is 0 Å². The molecule has 1 saturated heterocycles. The van der Waals surface area contributed by atoms with Gasteiger partial charge in [-0.3, -0.25) is 0 Å². The van der Waals surface area contributed by atoms with Crippen LogP contribution in [0.15, 0.2) is 24.3 Å². The Balaban J connectivity index is 1.88. The van der Waals surface area contributed by atoms with E-state index < -0.39 is 0 Å². The Morgan fingerprint density at radius 3 is 3.11 bits per heavy atom. The summed E-state index contributed by atoms with van der Waals surface area (Å²) in [6.07, 6.45) is 1.02. The minimum Gasteiger partial charge on any atom is -0.497 e. The molecule has 2 amide bonds. The summed E-state index contributed by atoms with van der Waals surface area (Å²) in [5.74, 6) is 1.17. The Bertz CT molecular complexity index is 430. The van der Waals surface area contributed by atoms with E-state index in [1.54, 1.807) is 25.1 Å². The van der Waals surface area contributed by atoms with E-state index in [4.69, 9.17) is 9.47 Å². The lowest BCUT2D eigenvalue weighted by Crippen LogP contribution is -2.35. The molecule has 0 radical (unpaired) electrons. The molecule has 0 spiro atoms. The first-order chi connectivity index (χ1) is 9.19. The molecule has 1 heterocycles. The second-order valence-corrected chi connectivity index (χ2v) is 4.77. The number of rotatable bonds is 4. The fourth-order valence-corrected chi connectivity index (χ4v) is 2.12. The van der Waals surface area contributed by atoms with E-state index in [-0.39, 0.29) is 6.03 Å². The van der Waals surface area contributed by atoms with E-state index in [0.29, 0.717) is 5.92 Å². The number of carbonyl (C=O) groups excluding carboxylic acids is 1. The van der Waals surface area contributed by atoms with Gasteiger partial charge in [-0.25, -0.2) is 4.79 Å². The third-order valence-corrected chi connectivity index (χ3v) is 3.22. The third kappa shape index (κ3) is 3.86. The smallest absolute Gasteiger partial charge is 0.321 e. The number of amides is 2. The van der Waals surface area contributed by atoms with Gasteiger partial charge in [-0.15, -0.1) is 0 Å². The average Bonchev–Trinajstić information content (AvgIpc) is 2.91. The Labute approximate surface area is 113 Å². The van der Waals surface area contributed by atoms with Crippen molar-refractivity contribution in [3.63, 3.8) is 0 Å². The summed E-state index contributed by atoms with van der Waals surface area (Å²) in [6, 6.07) is 7.21. The third-order valence-electron chi connectivity index (χ3n) is 3.22. The zero-order chi connectivity index (χ0) is 13.7. The molecule has 19 heavy (non-hydrogen) atoms. The van der Waals surface area contributed by atoms with Crippen LogP contribution in [0.2, 0.25) is 0 Å². The van der Waals surface area contributed by atoms with Gasteiger partial charge in [0.1, 0.15) is 5.75 Å². The molecular weight excluding hydrogens is 244 g/mol. The Morgan fingerprint density at radius 1 is 1.58 bits per heavy atom. The number of urea groups is 1. The lowest BCUT2D eigenvalue weighted by atomic mass is 10.1. The number of nitrogens with one attached hydrogen (secondary N) is 1. The summed E-state index contributed by atoms with van der Waals surface area (Å²) in [7, 11) is 3.40. The molecule has 0 unspecified atom stereocenters. The quantitative estimate of drug-likeness (QED) is 0.907. The predicted octanol–water partition coefficient (Wildman–Crippen LogP) is 2.20. The second-order valence-electron chi connectivity index (χ2n) is 4.77. The van der Waals surface area contributed by atoms with Gasteiger partial charge in [0.2, 0.25) is 0 Å². The van der Waals surface area contributed by atoms with Gasteiger partial charge in [0.05, 0.1) is 13.7 Å². The minimum absolute atomic E-state index is 0.111. The van der Waals surface area contributed by atoms with Crippen LogP contribution in [-0.4, -0.2) is 44.8 Å².